The lowest BCUT2D eigenvalue weighted by molar-refractivity contribution is -0.113. The van der Waals surface area contributed by atoms with E-state index in [4.69, 9.17) is 14.2 Å². The maximum atomic E-state index is 13.0. The van der Waals surface area contributed by atoms with E-state index in [1.165, 1.54) is 39.5 Å². The molecule has 0 aliphatic heterocycles. The Bertz CT molecular complexity index is 1170. The average Bonchev–Trinajstić information content (AvgIpc) is 2.83. The number of hydrogen-bond donors (Lipinski definition) is 3. The summed E-state index contributed by atoms with van der Waals surface area (Å²) in [6.45, 7) is 0. The van der Waals surface area contributed by atoms with E-state index in [0.717, 1.165) is 0 Å². The average molecular weight is 448 g/mol. The molecule has 0 radical (unpaired) electrons. The molecule has 0 bridgehead atoms. The van der Waals surface area contributed by atoms with E-state index >= 15 is 0 Å². The second-order valence-electron chi connectivity index (χ2n) is 6.86. The van der Waals surface area contributed by atoms with Gasteiger partial charge in [0, 0.05) is 17.3 Å². The van der Waals surface area contributed by atoms with Gasteiger partial charge in [-0.2, -0.15) is 0 Å². The van der Waals surface area contributed by atoms with Crippen LogP contribution < -0.4 is 24.8 Å². The molecular formula is C25H24N2O6. The number of nitrogens with one attached hydrogen (secondary N) is 2. The van der Waals surface area contributed by atoms with Crippen molar-refractivity contribution in [3.8, 4) is 23.0 Å². The number of hydrogen-bond acceptors (Lipinski definition) is 6. The Morgan fingerprint density at radius 2 is 1.58 bits per heavy atom. The van der Waals surface area contributed by atoms with Gasteiger partial charge in [0.05, 0.1) is 21.3 Å². The molecule has 0 unspecified atom stereocenters. The standard InChI is InChI=1S/C25H24N2O6/c1-31-20-10-8-17(9-11-20)24(29)27-21(25(30)26-18-5-4-6-19(28)15-18)13-16-7-12-22(32-2)23(14-16)33-3/h4-15,28H,1-3H3,(H,26,30)(H,27,29)/b21-13-. The molecule has 3 N–H and O–H groups in total. The Hall–Kier alpha value is -4.46. The Morgan fingerprint density at radius 1 is 0.848 bits per heavy atom. The quantitative estimate of drug-likeness (QED) is 0.452. The van der Waals surface area contributed by atoms with Gasteiger partial charge in [-0.1, -0.05) is 12.1 Å². The number of anilines is 1. The molecule has 0 aromatic heterocycles. The molecule has 0 atom stereocenters. The fourth-order valence-corrected chi connectivity index (χ4v) is 2.99. The summed E-state index contributed by atoms with van der Waals surface area (Å²) >= 11 is 0. The zero-order valence-electron chi connectivity index (χ0n) is 18.4. The van der Waals surface area contributed by atoms with E-state index in [1.54, 1.807) is 54.6 Å². The third-order valence-corrected chi connectivity index (χ3v) is 4.67. The van der Waals surface area contributed by atoms with E-state index in [9.17, 15) is 14.7 Å². The summed E-state index contributed by atoms with van der Waals surface area (Å²) in [5.74, 6) is 0.561. The lowest BCUT2D eigenvalue weighted by Gasteiger charge is -2.13. The molecule has 3 aromatic carbocycles. The number of ether oxygens (including phenoxy) is 3. The lowest BCUT2D eigenvalue weighted by Crippen LogP contribution is -2.30. The summed E-state index contributed by atoms with van der Waals surface area (Å²) in [4.78, 5) is 25.8. The van der Waals surface area contributed by atoms with E-state index in [2.05, 4.69) is 10.6 Å². The van der Waals surface area contributed by atoms with Crippen LogP contribution in [0.3, 0.4) is 0 Å². The van der Waals surface area contributed by atoms with Crippen LogP contribution in [0.1, 0.15) is 15.9 Å². The maximum Gasteiger partial charge on any atom is 0.272 e. The Labute approximate surface area is 191 Å². The topological polar surface area (TPSA) is 106 Å². The van der Waals surface area contributed by atoms with Gasteiger partial charge in [-0.15, -0.1) is 0 Å². The molecule has 2 amide bonds. The first-order valence-electron chi connectivity index (χ1n) is 9.93. The van der Waals surface area contributed by atoms with Gasteiger partial charge in [0.2, 0.25) is 0 Å². The first-order valence-corrected chi connectivity index (χ1v) is 9.93. The van der Waals surface area contributed by atoms with Gasteiger partial charge < -0.3 is 30.0 Å². The normalized spacial score (nSPS) is 10.8. The van der Waals surface area contributed by atoms with Crippen LogP contribution in [0, 0.1) is 0 Å². The molecule has 0 saturated heterocycles. The highest BCUT2D eigenvalue weighted by molar-refractivity contribution is 6.10. The van der Waals surface area contributed by atoms with Gasteiger partial charge >= 0.3 is 0 Å². The number of carbonyl (C=O) groups excluding carboxylic acids is 2. The van der Waals surface area contributed by atoms with Gasteiger partial charge in [-0.25, -0.2) is 0 Å². The van der Waals surface area contributed by atoms with Gasteiger partial charge in [0.25, 0.3) is 11.8 Å². The molecule has 3 aromatic rings. The van der Waals surface area contributed by atoms with Gasteiger partial charge in [0.1, 0.15) is 17.2 Å². The molecule has 0 fully saturated rings. The predicted molar refractivity (Wildman–Crippen MR) is 125 cm³/mol. The highest BCUT2D eigenvalue weighted by Gasteiger charge is 2.16. The first kappa shape index (κ1) is 23.2. The van der Waals surface area contributed by atoms with Crippen LogP contribution in [-0.2, 0) is 4.79 Å². The summed E-state index contributed by atoms with van der Waals surface area (Å²) in [5, 5.41) is 15.0. The molecule has 33 heavy (non-hydrogen) atoms. The summed E-state index contributed by atoms with van der Waals surface area (Å²) in [7, 11) is 4.56. The number of amides is 2. The number of phenols is 1. The summed E-state index contributed by atoms with van der Waals surface area (Å²) in [6, 6.07) is 17.7. The van der Waals surface area contributed by atoms with Crippen LogP contribution in [-0.4, -0.2) is 38.3 Å². The van der Waals surface area contributed by atoms with Crippen LogP contribution in [0.4, 0.5) is 5.69 Å². The molecule has 170 valence electrons. The number of benzene rings is 3. The van der Waals surface area contributed by atoms with Crippen LogP contribution >= 0.6 is 0 Å². The zero-order chi connectivity index (χ0) is 23.8. The third kappa shape index (κ3) is 6.04. The van der Waals surface area contributed by atoms with Gasteiger partial charge in [0.15, 0.2) is 11.5 Å². The van der Waals surface area contributed by atoms with Crippen LogP contribution in [0.25, 0.3) is 6.08 Å². The van der Waals surface area contributed by atoms with Crippen molar-refractivity contribution in [1.82, 2.24) is 5.32 Å². The largest absolute Gasteiger partial charge is 0.508 e. The van der Waals surface area contributed by atoms with Crippen molar-refractivity contribution >= 4 is 23.6 Å². The van der Waals surface area contributed by atoms with Crippen LogP contribution in [0.5, 0.6) is 23.0 Å². The van der Waals surface area contributed by atoms with Crippen molar-refractivity contribution in [2.24, 2.45) is 0 Å². The minimum absolute atomic E-state index is 0.000453. The molecule has 0 spiro atoms. The lowest BCUT2D eigenvalue weighted by atomic mass is 10.1. The second kappa shape index (κ2) is 10.7. The summed E-state index contributed by atoms with van der Waals surface area (Å²) in [6.07, 6.45) is 1.52. The van der Waals surface area contributed by atoms with Crippen molar-refractivity contribution in [3.63, 3.8) is 0 Å². The highest BCUT2D eigenvalue weighted by atomic mass is 16.5. The number of carbonyl (C=O) groups is 2. The summed E-state index contributed by atoms with van der Waals surface area (Å²) in [5.41, 5.74) is 1.31. The number of phenolic OH excluding ortho intramolecular Hbond substituents is 1. The molecule has 0 saturated carbocycles. The molecular weight excluding hydrogens is 424 g/mol. The minimum atomic E-state index is -0.572. The highest BCUT2D eigenvalue weighted by Crippen LogP contribution is 2.28. The number of methoxy groups -OCH3 is 3. The molecule has 0 heterocycles. The van der Waals surface area contributed by atoms with Crippen molar-refractivity contribution < 1.29 is 28.9 Å². The van der Waals surface area contributed by atoms with Crippen molar-refractivity contribution in [2.45, 2.75) is 0 Å². The van der Waals surface area contributed by atoms with Crippen LogP contribution in [0.2, 0.25) is 0 Å². The molecule has 8 heteroatoms. The van der Waals surface area contributed by atoms with Crippen molar-refractivity contribution in [1.29, 1.82) is 0 Å². The van der Waals surface area contributed by atoms with E-state index in [-0.39, 0.29) is 11.4 Å². The Morgan fingerprint density at radius 3 is 2.21 bits per heavy atom. The molecule has 8 nitrogen and oxygen atoms in total. The monoisotopic (exact) mass is 448 g/mol. The smallest absolute Gasteiger partial charge is 0.272 e. The maximum absolute atomic E-state index is 13.0. The predicted octanol–water partition coefficient (Wildman–Crippen LogP) is 3.83. The minimum Gasteiger partial charge on any atom is -0.508 e. The molecule has 0 aliphatic rings. The van der Waals surface area contributed by atoms with Gasteiger partial charge in [-0.05, 0) is 60.2 Å². The Kier molecular flexibility index (Phi) is 7.54. The number of rotatable bonds is 8. The molecule has 3 rings (SSSR count). The second-order valence-corrected chi connectivity index (χ2v) is 6.86. The first-order chi connectivity index (χ1) is 15.9. The fraction of sp³-hybridized carbons (Fsp3) is 0.120. The van der Waals surface area contributed by atoms with Crippen LogP contribution in [0.15, 0.2) is 72.4 Å². The third-order valence-electron chi connectivity index (χ3n) is 4.67. The van der Waals surface area contributed by atoms with E-state index in [0.29, 0.717) is 34.1 Å². The SMILES string of the molecule is COc1ccc(C(=O)N/C(=C\c2ccc(OC)c(OC)c2)C(=O)Nc2cccc(O)c2)cc1. The van der Waals surface area contributed by atoms with Gasteiger partial charge in [-0.3, -0.25) is 9.59 Å². The van der Waals surface area contributed by atoms with Crippen molar-refractivity contribution in [2.75, 3.05) is 26.6 Å². The zero-order valence-corrected chi connectivity index (χ0v) is 18.4. The van der Waals surface area contributed by atoms with Crippen molar-refractivity contribution in [3.05, 3.63) is 83.6 Å². The number of aromatic hydroxyl groups is 1. The van der Waals surface area contributed by atoms with E-state index < -0.39 is 11.8 Å². The van der Waals surface area contributed by atoms with E-state index in [1.807, 2.05) is 0 Å². The summed E-state index contributed by atoms with van der Waals surface area (Å²) < 4.78 is 15.7. The fourth-order valence-electron chi connectivity index (χ4n) is 2.99. The Balaban J connectivity index is 1.93. The molecule has 0 aliphatic carbocycles.